The molecule has 1 rings (SSSR count). The van der Waals surface area contributed by atoms with Gasteiger partial charge >= 0.3 is 0 Å². The minimum Gasteiger partial charge on any atom is -0.391 e. The van der Waals surface area contributed by atoms with Gasteiger partial charge in [-0.3, -0.25) is 14.4 Å². The number of carbonyl (C=O) groups excluding carboxylic acids is 3. The zero-order chi connectivity index (χ0) is 15.4. The molecule has 0 unspecified atom stereocenters. The topological polar surface area (TPSA) is 113 Å². The Bertz CT molecular complexity index is 399. The number of β-amino-alcohol motifs (C(OH)–C–C–N with tert-alkyl or cyclic N) is 1. The number of nitrogens with one attached hydrogen (secondary N) is 1. The van der Waals surface area contributed by atoms with Gasteiger partial charge in [0.2, 0.25) is 17.7 Å². The van der Waals surface area contributed by atoms with Crippen molar-refractivity contribution in [1.82, 2.24) is 10.2 Å². The number of primary amides is 1. The molecule has 0 spiro atoms. The molecule has 1 aliphatic rings. The van der Waals surface area contributed by atoms with Crippen molar-refractivity contribution in [2.75, 3.05) is 6.54 Å². The van der Waals surface area contributed by atoms with Gasteiger partial charge in [-0.05, 0) is 5.92 Å². The fourth-order valence-corrected chi connectivity index (χ4v) is 2.39. The number of carbonyl (C=O) groups is 3. The third-order valence-corrected chi connectivity index (χ3v) is 3.80. The number of nitrogens with zero attached hydrogens (tertiary/aromatic N) is 1. The minimum absolute atomic E-state index is 0.0893. The van der Waals surface area contributed by atoms with Crippen LogP contribution < -0.4 is 11.1 Å². The Hall–Kier alpha value is -1.63. The van der Waals surface area contributed by atoms with Crippen molar-refractivity contribution < 1.29 is 19.5 Å². The zero-order valence-electron chi connectivity index (χ0n) is 12.1. The van der Waals surface area contributed by atoms with Crippen LogP contribution in [0.3, 0.4) is 0 Å². The molecule has 0 aromatic rings. The first-order valence-corrected chi connectivity index (χ1v) is 6.82. The van der Waals surface area contributed by atoms with Crippen molar-refractivity contribution in [3.05, 3.63) is 0 Å². The van der Waals surface area contributed by atoms with Crippen LogP contribution in [0.5, 0.6) is 0 Å². The van der Waals surface area contributed by atoms with Gasteiger partial charge in [0, 0.05) is 19.9 Å². The molecule has 3 amide bonds. The lowest BCUT2D eigenvalue weighted by Gasteiger charge is -2.26. The first kappa shape index (κ1) is 16.4. The Kier molecular flexibility index (Phi) is 5.50. The summed E-state index contributed by atoms with van der Waals surface area (Å²) in [4.78, 5) is 36.4. The number of hydrogen-bond donors (Lipinski definition) is 3. The van der Waals surface area contributed by atoms with E-state index in [1.807, 2.05) is 13.8 Å². The predicted octanol–water partition coefficient (Wildman–Crippen LogP) is -1.02. The van der Waals surface area contributed by atoms with Crippen molar-refractivity contribution >= 4 is 17.7 Å². The van der Waals surface area contributed by atoms with E-state index in [1.54, 1.807) is 0 Å². The number of rotatable bonds is 5. The lowest BCUT2D eigenvalue weighted by molar-refractivity contribution is -0.138. The molecule has 114 valence electrons. The van der Waals surface area contributed by atoms with Crippen molar-refractivity contribution in [1.29, 1.82) is 0 Å². The number of aliphatic hydroxyl groups excluding tert-OH is 1. The molecule has 4 atom stereocenters. The summed E-state index contributed by atoms with van der Waals surface area (Å²) in [6, 6.07) is -1.51. The number of amides is 3. The molecule has 1 heterocycles. The van der Waals surface area contributed by atoms with Gasteiger partial charge in [-0.25, -0.2) is 0 Å². The van der Waals surface area contributed by atoms with Crippen LogP contribution in [-0.4, -0.2) is 52.5 Å². The smallest absolute Gasteiger partial charge is 0.243 e. The number of likely N-dealkylation sites (tertiary alicyclic amines) is 1. The van der Waals surface area contributed by atoms with Crippen LogP contribution in [0.25, 0.3) is 0 Å². The Labute approximate surface area is 118 Å². The normalized spacial score (nSPS) is 25.1. The SMILES string of the molecule is CC[C@@H](C)[C@@H](NC(=O)[C@@H]1C[C@@H](O)CN1C(C)=O)C(N)=O. The maximum Gasteiger partial charge on any atom is 0.243 e. The molecule has 0 saturated carbocycles. The summed E-state index contributed by atoms with van der Waals surface area (Å²) in [5.41, 5.74) is 5.30. The molecule has 20 heavy (non-hydrogen) atoms. The molecular weight excluding hydrogens is 262 g/mol. The summed E-state index contributed by atoms with van der Waals surface area (Å²) in [7, 11) is 0. The molecule has 1 fully saturated rings. The Morgan fingerprint density at radius 3 is 2.50 bits per heavy atom. The lowest BCUT2D eigenvalue weighted by atomic mass is 9.98. The third kappa shape index (κ3) is 3.69. The highest BCUT2D eigenvalue weighted by molar-refractivity contribution is 5.91. The van der Waals surface area contributed by atoms with Gasteiger partial charge in [-0.15, -0.1) is 0 Å². The number of aliphatic hydroxyl groups is 1. The third-order valence-electron chi connectivity index (χ3n) is 3.80. The summed E-state index contributed by atoms with van der Waals surface area (Å²) < 4.78 is 0. The first-order chi connectivity index (χ1) is 9.27. The number of hydrogen-bond acceptors (Lipinski definition) is 4. The second-order valence-electron chi connectivity index (χ2n) is 5.35. The van der Waals surface area contributed by atoms with E-state index in [2.05, 4.69) is 5.32 Å². The first-order valence-electron chi connectivity index (χ1n) is 6.82. The Balaban J connectivity index is 2.78. The molecule has 0 aromatic carbocycles. The van der Waals surface area contributed by atoms with E-state index in [0.29, 0.717) is 6.42 Å². The summed E-state index contributed by atoms with van der Waals surface area (Å²) in [6.45, 7) is 5.20. The van der Waals surface area contributed by atoms with Gasteiger partial charge in [-0.1, -0.05) is 20.3 Å². The standard InChI is InChI=1S/C13H23N3O4/c1-4-7(2)11(12(14)19)15-13(20)10-5-9(18)6-16(10)8(3)17/h7,9-11,18H,4-6H2,1-3H3,(H2,14,19)(H,15,20)/t7-,9-,10+,11-/m1/s1. The van der Waals surface area contributed by atoms with Crippen LogP contribution in [0.4, 0.5) is 0 Å². The fraction of sp³-hybridized carbons (Fsp3) is 0.769. The molecule has 1 saturated heterocycles. The van der Waals surface area contributed by atoms with Crippen molar-refractivity contribution in [3.63, 3.8) is 0 Å². The average molecular weight is 285 g/mol. The van der Waals surface area contributed by atoms with Gasteiger partial charge < -0.3 is 21.1 Å². The van der Waals surface area contributed by atoms with Crippen molar-refractivity contribution in [2.45, 2.75) is 51.8 Å². The van der Waals surface area contributed by atoms with E-state index in [-0.39, 0.29) is 24.8 Å². The van der Waals surface area contributed by atoms with Crippen LogP contribution in [0.15, 0.2) is 0 Å². The van der Waals surface area contributed by atoms with Crippen LogP contribution in [-0.2, 0) is 14.4 Å². The second-order valence-corrected chi connectivity index (χ2v) is 5.35. The lowest BCUT2D eigenvalue weighted by Crippen LogP contribution is -2.54. The van der Waals surface area contributed by atoms with Crippen LogP contribution in [0, 0.1) is 5.92 Å². The average Bonchev–Trinajstić information content (AvgIpc) is 2.76. The van der Waals surface area contributed by atoms with Crippen LogP contribution in [0.1, 0.15) is 33.6 Å². The van der Waals surface area contributed by atoms with E-state index in [4.69, 9.17) is 5.73 Å². The summed E-state index contributed by atoms with van der Waals surface area (Å²) in [5, 5.41) is 12.2. The minimum atomic E-state index is -0.765. The predicted molar refractivity (Wildman–Crippen MR) is 72.4 cm³/mol. The highest BCUT2D eigenvalue weighted by atomic mass is 16.3. The van der Waals surface area contributed by atoms with E-state index in [0.717, 1.165) is 0 Å². The summed E-state index contributed by atoms with van der Waals surface area (Å²) in [5.74, 6) is -1.41. The van der Waals surface area contributed by atoms with Gasteiger partial charge in [0.1, 0.15) is 12.1 Å². The van der Waals surface area contributed by atoms with Crippen molar-refractivity contribution in [2.24, 2.45) is 11.7 Å². The molecule has 0 bridgehead atoms. The summed E-state index contributed by atoms with van der Waals surface area (Å²) >= 11 is 0. The quantitative estimate of drug-likeness (QED) is 0.600. The molecule has 0 aromatic heterocycles. The summed E-state index contributed by atoms with van der Waals surface area (Å²) in [6.07, 6.45) is 0.153. The van der Waals surface area contributed by atoms with Gasteiger partial charge in [0.25, 0.3) is 0 Å². The second kappa shape index (κ2) is 6.69. The van der Waals surface area contributed by atoms with E-state index in [9.17, 15) is 19.5 Å². The monoisotopic (exact) mass is 285 g/mol. The molecule has 0 aliphatic carbocycles. The van der Waals surface area contributed by atoms with Gasteiger partial charge in [0.05, 0.1) is 6.10 Å². The van der Waals surface area contributed by atoms with E-state index < -0.39 is 30.0 Å². The number of nitrogens with two attached hydrogens (primary N) is 1. The fourth-order valence-electron chi connectivity index (χ4n) is 2.39. The maximum absolute atomic E-state index is 12.2. The Morgan fingerprint density at radius 2 is 2.05 bits per heavy atom. The molecule has 7 heteroatoms. The van der Waals surface area contributed by atoms with Crippen LogP contribution >= 0.6 is 0 Å². The van der Waals surface area contributed by atoms with E-state index in [1.165, 1.54) is 11.8 Å². The molecular formula is C13H23N3O4. The molecule has 7 nitrogen and oxygen atoms in total. The van der Waals surface area contributed by atoms with Gasteiger partial charge in [-0.2, -0.15) is 0 Å². The zero-order valence-corrected chi connectivity index (χ0v) is 12.1. The highest BCUT2D eigenvalue weighted by Gasteiger charge is 2.39. The van der Waals surface area contributed by atoms with Gasteiger partial charge in [0.15, 0.2) is 0 Å². The maximum atomic E-state index is 12.2. The van der Waals surface area contributed by atoms with E-state index >= 15 is 0 Å². The molecule has 0 radical (unpaired) electrons. The highest BCUT2D eigenvalue weighted by Crippen LogP contribution is 2.19. The van der Waals surface area contributed by atoms with Crippen molar-refractivity contribution in [3.8, 4) is 0 Å². The Morgan fingerprint density at radius 1 is 1.45 bits per heavy atom. The molecule has 1 aliphatic heterocycles. The largest absolute Gasteiger partial charge is 0.391 e. The van der Waals surface area contributed by atoms with Crippen LogP contribution in [0.2, 0.25) is 0 Å². The molecule has 4 N–H and O–H groups in total.